The van der Waals surface area contributed by atoms with Crippen LogP contribution in [-0.4, -0.2) is 48.6 Å². The summed E-state index contributed by atoms with van der Waals surface area (Å²) < 4.78 is 16.2. The number of epoxide rings is 1. The SMILES string of the molecule is CC/C=C\CC1OC1C/C=C\C/C=C\C/C=C\C/C=C\CCC(=O)OC[C@H](CO)OC(=O)CCCCCCCCCCCCCC. The monoisotopic (exact) mass is 642 g/mol. The fourth-order valence-electron chi connectivity index (χ4n) is 5.09. The third-order valence-corrected chi connectivity index (χ3v) is 7.99. The van der Waals surface area contributed by atoms with Crippen LogP contribution in [0.3, 0.4) is 0 Å². The first-order chi connectivity index (χ1) is 22.6. The maximum atomic E-state index is 12.1. The van der Waals surface area contributed by atoms with Crippen LogP contribution in [0.1, 0.15) is 149 Å². The standard InChI is InChI=1S/C40H66O6/c1-3-5-7-8-9-10-11-15-19-22-25-29-33-40(43)45-36(34-41)35-44-39(42)32-28-24-21-18-16-13-12-14-17-20-23-27-31-38-37(46-38)30-26-6-4-2/h6,13-14,16-17,21,23-24,26-27,36-38,41H,3-5,7-12,15,18-20,22,25,28-35H2,1-2H3/b16-13-,17-14-,24-21-,26-6-,27-23-/t36-,37?,38?/m0/s1. The molecule has 0 bridgehead atoms. The molecule has 1 aliphatic heterocycles. The van der Waals surface area contributed by atoms with Gasteiger partial charge in [0.05, 0.1) is 18.8 Å². The van der Waals surface area contributed by atoms with Crippen molar-refractivity contribution in [3.05, 3.63) is 60.8 Å². The van der Waals surface area contributed by atoms with E-state index in [9.17, 15) is 14.7 Å². The van der Waals surface area contributed by atoms with Gasteiger partial charge < -0.3 is 19.3 Å². The second-order valence-corrected chi connectivity index (χ2v) is 12.3. The van der Waals surface area contributed by atoms with Crippen molar-refractivity contribution in [2.24, 2.45) is 0 Å². The lowest BCUT2D eigenvalue weighted by Crippen LogP contribution is -2.28. The number of esters is 2. The number of aliphatic hydroxyl groups is 1. The van der Waals surface area contributed by atoms with Gasteiger partial charge in [-0.2, -0.15) is 0 Å². The average Bonchev–Trinajstić information content (AvgIpc) is 3.81. The summed E-state index contributed by atoms with van der Waals surface area (Å²) >= 11 is 0. The molecule has 0 saturated carbocycles. The molecule has 1 heterocycles. The second kappa shape index (κ2) is 31.2. The number of allylic oxidation sites excluding steroid dienone is 8. The Bertz CT molecular complexity index is 886. The second-order valence-electron chi connectivity index (χ2n) is 12.3. The van der Waals surface area contributed by atoms with Crippen LogP contribution in [0.25, 0.3) is 0 Å². The van der Waals surface area contributed by atoms with Gasteiger partial charge in [0.25, 0.3) is 0 Å². The molecular formula is C40H66O6. The third-order valence-electron chi connectivity index (χ3n) is 7.99. The number of hydrogen-bond donors (Lipinski definition) is 1. The topological polar surface area (TPSA) is 85.4 Å². The lowest BCUT2D eigenvalue weighted by Gasteiger charge is -2.15. The largest absolute Gasteiger partial charge is 0.462 e. The van der Waals surface area contributed by atoms with E-state index >= 15 is 0 Å². The molecule has 1 saturated heterocycles. The highest BCUT2D eigenvalue weighted by Crippen LogP contribution is 2.29. The average molecular weight is 643 g/mol. The van der Waals surface area contributed by atoms with Gasteiger partial charge in [-0.1, -0.05) is 145 Å². The molecule has 262 valence electrons. The lowest BCUT2D eigenvalue weighted by atomic mass is 10.0. The normalized spacial score (nSPS) is 17.3. The van der Waals surface area contributed by atoms with E-state index in [1.165, 1.54) is 57.8 Å². The molecule has 2 unspecified atom stereocenters. The van der Waals surface area contributed by atoms with Crippen LogP contribution in [0.2, 0.25) is 0 Å². The Labute approximate surface area is 281 Å². The number of rotatable bonds is 31. The summed E-state index contributed by atoms with van der Waals surface area (Å²) in [6.07, 6.45) is 43.3. The minimum atomic E-state index is -0.803. The molecule has 1 N–H and O–H groups in total. The van der Waals surface area contributed by atoms with Gasteiger partial charge in [0.2, 0.25) is 0 Å². The summed E-state index contributed by atoms with van der Waals surface area (Å²) in [6.45, 7) is 3.93. The zero-order valence-electron chi connectivity index (χ0n) is 29.3. The maximum Gasteiger partial charge on any atom is 0.306 e. The van der Waals surface area contributed by atoms with Crippen molar-refractivity contribution in [3.63, 3.8) is 0 Å². The Morgan fingerprint density at radius 2 is 1.13 bits per heavy atom. The number of carbonyl (C=O) groups excluding carboxylic acids is 2. The highest BCUT2D eigenvalue weighted by atomic mass is 16.6. The quantitative estimate of drug-likeness (QED) is 0.0351. The summed E-state index contributed by atoms with van der Waals surface area (Å²) in [6, 6.07) is 0. The van der Waals surface area contributed by atoms with E-state index in [0.29, 0.717) is 25.0 Å². The molecule has 0 aromatic heterocycles. The first kappa shape index (κ1) is 41.6. The molecule has 0 amide bonds. The molecular weight excluding hydrogens is 576 g/mol. The molecule has 0 aliphatic carbocycles. The first-order valence-corrected chi connectivity index (χ1v) is 18.5. The molecule has 0 aromatic rings. The van der Waals surface area contributed by atoms with Crippen LogP contribution < -0.4 is 0 Å². The third kappa shape index (κ3) is 26.7. The molecule has 0 radical (unpaired) electrons. The van der Waals surface area contributed by atoms with E-state index in [4.69, 9.17) is 14.2 Å². The molecule has 6 heteroatoms. The predicted octanol–water partition coefficient (Wildman–Crippen LogP) is 10.2. The van der Waals surface area contributed by atoms with Gasteiger partial charge in [0, 0.05) is 12.8 Å². The minimum absolute atomic E-state index is 0.110. The molecule has 0 spiro atoms. The minimum Gasteiger partial charge on any atom is -0.462 e. The van der Waals surface area contributed by atoms with Crippen LogP contribution in [0.4, 0.5) is 0 Å². The van der Waals surface area contributed by atoms with Gasteiger partial charge in [-0.05, 0) is 51.4 Å². The van der Waals surface area contributed by atoms with E-state index < -0.39 is 6.10 Å². The molecule has 1 rings (SSSR count). The summed E-state index contributed by atoms with van der Waals surface area (Å²) in [5.74, 6) is -0.697. The number of carbonyl (C=O) groups is 2. The highest BCUT2D eigenvalue weighted by Gasteiger charge is 2.35. The van der Waals surface area contributed by atoms with Gasteiger partial charge in [-0.3, -0.25) is 9.59 Å². The van der Waals surface area contributed by atoms with Crippen LogP contribution >= 0.6 is 0 Å². The van der Waals surface area contributed by atoms with Crippen LogP contribution in [0, 0.1) is 0 Å². The van der Waals surface area contributed by atoms with Gasteiger partial charge in [0.15, 0.2) is 6.10 Å². The van der Waals surface area contributed by atoms with Crippen LogP contribution in [0.15, 0.2) is 60.8 Å². The van der Waals surface area contributed by atoms with Crippen molar-refractivity contribution in [2.75, 3.05) is 13.2 Å². The van der Waals surface area contributed by atoms with Gasteiger partial charge >= 0.3 is 11.9 Å². The summed E-state index contributed by atoms with van der Waals surface area (Å²) in [5.41, 5.74) is 0. The van der Waals surface area contributed by atoms with Crippen LogP contribution in [0.5, 0.6) is 0 Å². The number of hydrogen-bond acceptors (Lipinski definition) is 6. The number of ether oxygens (including phenoxy) is 3. The number of unbranched alkanes of at least 4 members (excludes halogenated alkanes) is 11. The summed E-state index contributed by atoms with van der Waals surface area (Å²) in [4.78, 5) is 24.1. The van der Waals surface area contributed by atoms with Crippen molar-refractivity contribution in [3.8, 4) is 0 Å². The fourth-order valence-corrected chi connectivity index (χ4v) is 5.09. The van der Waals surface area contributed by atoms with Crippen molar-refractivity contribution < 1.29 is 28.9 Å². The molecule has 1 aliphatic rings. The highest BCUT2D eigenvalue weighted by molar-refractivity contribution is 5.70. The van der Waals surface area contributed by atoms with Gasteiger partial charge in [0.1, 0.15) is 6.61 Å². The lowest BCUT2D eigenvalue weighted by molar-refractivity contribution is -0.161. The van der Waals surface area contributed by atoms with Crippen molar-refractivity contribution in [1.29, 1.82) is 0 Å². The van der Waals surface area contributed by atoms with Gasteiger partial charge in [-0.15, -0.1) is 0 Å². The van der Waals surface area contributed by atoms with Crippen molar-refractivity contribution in [1.82, 2.24) is 0 Å². The van der Waals surface area contributed by atoms with E-state index in [2.05, 4.69) is 62.5 Å². The fraction of sp³-hybridized carbons (Fsp3) is 0.700. The predicted molar refractivity (Wildman–Crippen MR) is 191 cm³/mol. The van der Waals surface area contributed by atoms with Crippen molar-refractivity contribution >= 4 is 11.9 Å². The Balaban J connectivity index is 1.96. The van der Waals surface area contributed by atoms with E-state index in [1.54, 1.807) is 0 Å². The molecule has 46 heavy (non-hydrogen) atoms. The maximum absolute atomic E-state index is 12.1. The molecule has 0 aromatic carbocycles. The zero-order chi connectivity index (χ0) is 33.3. The van der Waals surface area contributed by atoms with Crippen molar-refractivity contribution in [2.45, 2.75) is 167 Å². The van der Waals surface area contributed by atoms with E-state index in [1.807, 2.05) is 12.2 Å². The Hall–Kier alpha value is -2.44. The number of aliphatic hydroxyl groups excluding tert-OH is 1. The first-order valence-electron chi connectivity index (χ1n) is 18.5. The Morgan fingerprint density at radius 3 is 1.67 bits per heavy atom. The molecule has 6 nitrogen and oxygen atoms in total. The Kier molecular flexibility index (Phi) is 28.2. The smallest absolute Gasteiger partial charge is 0.306 e. The summed E-state index contributed by atoms with van der Waals surface area (Å²) in [5, 5.41) is 9.52. The van der Waals surface area contributed by atoms with Crippen LogP contribution in [-0.2, 0) is 23.8 Å². The van der Waals surface area contributed by atoms with Gasteiger partial charge in [-0.25, -0.2) is 0 Å². The van der Waals surface area contributed by atoms with E-state index in [-0.39, 0.29) is 31.6 Å². The molecule has 3 atom stereocenters. The summed E-state index contributed by atoms with van der Waals surface area (Å²) in [7, 11) is 0. The Morgan fingerprint density at radius 1 is 0.630 bits per heavy atom. The van der Waals surface area contributed by atoms with E-state index in [0.717, 1.165) is 57.8 Å². The molecule has 1 fully saturated rings. The zero-order valence-corrected chi connectivity index (χ0v) is 29.3.